The van der Waals surface area contributed by atoms with Crippen molar-refractivity contribution in [3.05, 3.63) is 0 Å². The molecule has 0 bridgehead atoms. The quantitative estimate of drug-likeness (QED) is 0.754. The first kappa shape index (κ1) is 12.4. The zero-order chi connectivity index (χ0) is 12.5. The Morgan fingerprint density at radius 2 is 1.71 bits per heavy atom. The fraction of sp³-hybridized carbons (Fsp3) is 0.846. The third-order valence-electron chi connectivity index (χ3n) is 3.66. The molecule has 0 aromatic rings. The van der Waals surface area contributed by atoms with E-state index in [9.17, 15) is 9.59 Å². The lowest BCUT2D eigenvalue weighted by molar-refractivity contribution is -0.145. The van der Waals surface area contributed by atoms with E-state index in [0.29, 0.717) is 0 Å². The molecule has 0 atom stereocenters. The van der Waals surface area contributed by atoms with Gasteiger partial charge < -0.3 is 10.2 Å². The summed E-state index contributed by atoms with van der Waals surface area (Å²) in [5.41, 5.74) is -0.707. The molecule has 17 heavy (non-hydrogen) atoms. The highest BCUT2D eigenvalue weighted by atomic mass is 16.2. The molecule has 4 heteroatoms. The summed E-state index contributed by atoms with van der Waals surface area (Å²) in [6, 6.07) is 0.106. The first-order chi connectivity index (χ1) is 8.06. The molecular weight excluding hydrogens is 216 g/mol. The van der Waals surface area contributed by atoms with Crippen molar-refractivity contribution in [2.45, 2.75) is 52.0 Å². The van der Waals surface area contributed by atoms with Crippen LogP contribution in [-0.4, -0.2) is 35.8 Å². The average molecular weight is 238 g/mol. The molecule has 2 fully saturated rings. The van der Waals surface area contributed by atoms with E-state index in [0.717, 1.165) is 38.8 Å². The van der Waals surface area contributed by atoms with Gasteiger partial charge in [-0.15, -0.1) is 0 Å². The minimum Gasteiger partial charge on any atom is -0.353 e. The fourth-order valence-corrected chi connectivity index (χ4v) is 2.46. The summed E-state index contributed by atoms with van der Waals surface area (Å²) in [5.74, 6) is -0.00146. The molecule has 1 aliphatic carbocycles. The van der Waals surface area contributed by atoms with Crippen LogP contribution in [0.4, 0.5) is 0 Å². The van der Waals surface area contributed by atoms with Gasteiger partial charge in [-0.2, -0.15) is 0 Å². The molecule has 1 N–H and O–H groups in total. The fourth-order valence-electron chi connectivity index (χ4n) is 2.46. The van der Waals surface area contributed by atoms with Gasteiger partial charge in [0.15, 0.2) is 0 Å². The van der Waals surface area contributed by atoms with E-state index in [4.69, 9.17) is 0 Å². The predicted molar refractivity (Wildman–Crippen MR) is 65.4 cm³/mol. The van der Waals surface area contributed by atoms with Crippen LogP contribution in [0.1, 0.15) is 46.0 Å². The van der Waals surface area contributed by atoms with E-state index in [-0.39, 0.29) is 17.9 Å². The van der Waals surface area contributed by atoms with Crippen LogP contribution in [0.25, 0.3) is 0 Å². The van der Waals surface area contributed by atoms with Crippen molar-refractivity contribution in [1.29, 1.82) is 0 Å². The molecule has 0 spiro atoms. The number of nitrogens with one attached hydrogen (secondary N) is 1. The summed E-state index contributed by atoms with van der Waals surface area (Å²) in [5, 5.41) is 2.88. The number of hydrogen-bond donors (Lipinski definition) is 1. The van der Waals surface area contributed by atoms with Crippen LogP contribution in [0.2, 0.25) is 0 Å². The number of nitrogens with zero attached hydrogens (tertiary/aromatic N) is 1. The van der Waals surface area contributed by atoms with Crippen molar-refractivity contribution in [3.8, 4) is 0 Å². The lowest BCUT2D eigenvalue weighted by atomic mass is 10.0. The number of piperidine rings is 1. The number of rotatable bonds is 3. The Labute approximate surface area is 103 Å². The summed E-state index contributed by atoms with van der Waals surface area (Å²) in [6.45, 7) is 5.52. The first-order valence-corrected chi connectivity index (χ1v) is 6.66. The van der Waals surface area contributed by atoms with Crippen molar-refractivity contribution in [2.75, 3.05) is 13.1 Å². The molecular formula is C13H22N2O2. The molecule has 0 aromatic carbocycles. The third kappa shape index (κ3) is 2.45. The van der Waals surface area contributed by atoms with Crippen LogP contribution in [0.5, 0.6) is 0 Å². The van der Waals surface area contributed by atoms with Gasteiger partial charge >= 0.3 is 0 Å². The molecule has 1 aliphatic heterocycles. The van der Waals surface area contributed by atoms with Crippen LogP contribution < -0.4 is 5.32 Å². The molecule has 0 radical (unpaired) electrons. The molecule has 2 aliphatic rings. The molecule has 2 rings (SSSR count). The van der Waals surface area contributed by atoms with Crippen LogP contribution in [-0.2, 0) is 9.59 Å². The monoisotopic (exact) mass is 238 g/mol. The lowest BCUT2D eigenvalue weighted by Gasteiger charge is -2.30. The van der Waals surface area contributed by atoms with Gasteiger partial charge in [0, 0.05) is 19.1 Å². The van der Waals surface area contributed by atoms with Gasteiger partial charge in [0.05, 0.1) is 0 Å². The first-order valence-electron chi connectivity index (χ1n) is 6.66. The van der Waals surface area contributed by atoms with Crippen LogP contribution in [0.3, 0.4) is 0 Å². The molecule has 1 saturated carbocycles. The zero-order valence-corrected chi connectivity index (χ0v) is 10.8. The van der Waals surface area contributed by atoms with Crippen molar-refractivity contribution >= 4 is 11.8 Å². The Morgan fingerprint density at radius 3 is 2.18 bits per heavy atom. The van der Waals surface area contributed by atoms with Gasteiger partial charge in [-0.05, 0) is 46.0 Å². The summed E-state index contributed by atoms with van der Waals surface area (Å²) in [6.07, 6.45) is 4.80. The smallest absolute Gasteiger partial charge is 0.238 e. The summed E-state index contributed by atoms with van der Waals surface area (Å²) in [7, 11) is 0. The minimum atomic E-state index is -0.707. The second kappa shape index (κ2) is 4.67. The zero-order valence-electron chi connectivity index (χ0n) is 10.8. The number of hydrogen-bond acceptors (Lipinski definition) is 2. The van der Waals surface area contributed by atoms with Crippen LogP contribution in [0, 0.1) is 5.41 Å². The van der Waals surface area contributed by atoms with Gasteiger partial charge in [-0.1, -0.05) is 0 Å². The molecule has 1 saturated heterocycles. The highest BCUT2D eigenvalue weighted by Crippen LogP contribution is 2.47. The van der Waals surface area contributed by atoms with Crippen LogP contribution in [0.15, 0.2) is 0 Å². The molecule has 0 unspecified atom stereocenters. The number of likely N-dealkylation sites (tertiary alicyclic amines) is 1. The van der Waals surface area contributed by atoms with E-state index < -0.39 is 5.41 Å². The molecule has 4 nitrogen and oxygen atoms in total. The number of carbonyl (C=O) groups is 2. The van der Waals surface area contributed by atoms with E-state index in [1.54, 1.807) is 0 Å². The number of carbonyl (C=O) groups excluding carboxylic acids is 2. The SMILES string of the molecule is CC(C)NC(=O)C1(C(=O)N2CCCCC2)CC1. The standard InChI is InChI=1S/C13H22N2O2/c1-10(2)14-11(16)13(6-7-13)12(17)15-8-4-3-5-9-15/h10H,3-9H2,1-2H3,(H,14,16). The third-order valence-corrected chi connectivity index (χ3v) is 3.66. The Hall–Kier alpha value is -1.06. The maximum absolute atomic E-state index is 12.4. The molecule has 1 heterocycles. The highest BCUT2D eigenvalue weighted by molar-refractivity contribution is 6.07. The maximum atomic E-state index is 12.4. The highest BCUT2D eigenvalue weighted by Gasteiger charge is 2.57. The van der Waals surface area contributed by atoms with Crippen molar-refractivity contribution in [1.82, 2.24) is 10.2 Å². The van der Waals surface area contributed by atoms with E-state index in [2.05, 4.69) is 5.32 Å². The van der Waals surface area contributed by atoms with Crippen LogP contribution >= 0.6 is 0 Å². The Balaban J connectivity index is 2.00. The predicted octanol–water partition coefficient (Wildman–Crippen LogP) is 1.30. The maximum Gasteiger partial charge on any atom is 0.238 e. The minimum absolute atomic E-state index is 0.0651. The second-order valence-electron chi connectivity index (χ2n) is 5.56. The van der Waals surface area contributed by atoms with Crippen molar-refractivity contribution < 1.29 is 9.59 Å². The molecule has 96 valence electrons. The topological polar surface area (TPSA) is 49.4 Å². The van der Waals surface area contributed by atoms with E-state index in [1.807, 2.05) is 18.7 Å². The number of amides is 2. The largest absolute Gasteiger partial charge is 0.353 e. The lowest BCUT2D eigenvalue weighted by Crippen LogP contribution is -2.48. The summed E-state index contributed by atoms with van der Waals surface area (Å²) >= 11 is 0. The van der Waals surface area contributed by atoms with Gasteiger partial charge in [0.2, 0.25) is 11.8 Å². The molecule has 0 aromatic heterocycles. The Kier molecular flexibility index (Phi) is 3.40. The molecule has 2 amide bonds. The Morgan fingerprint density at radius 1 is 1.12 bits per heavy atom. The van der Waals surface area contributed by atoms with E-state index >= 15 is 0 Å². The normalized spacial score (nSPS) is 22.4. The van der Waals surface area contributed by atoms with Gasteiger partial charge in [-0.25, -0.2) is 0 Å². The second-order valence-corrected chi connectivity index (χ2v) is 5.56. The van der Waals surface area contributed by atoms with Gasteiger partial charge in [-0.3, -0.25) is 9.59 Å². The van der Waals surface area contributed by atoms with Crippen molar-refractivity contribution in [2.24, 2.45) is 5.41 Å². The van der Waals surface area contributed by atoms with Gasteiger partial charge in [0.25, 0.3) is 0 Å². The van der Waals surface area contributed by atoms with Gasteiger partial charge in [0.1, 0.15) is 5.41 Å². The summed E-state index contributed by atoms with van der Waals surface area (Å²) in [4.78, 5) is 26.3. The van der Waals surface area contributed by atoms with E-state index in [1.165, 1.54) is 6.42 Å². The Bertz CT molecular complexity index is 315. The average Bonchev–Trinajstić information content (AvgIpc) is 3.09. The van der Waals surface area contributed by atoms with Crippen molar-refractivity contribution in [3.63, 3.8) is 0 Å². The summed E-state index contributed by atoms with van der Waals surface area (Å²) < 4.78 is 0.